The summed E-state index contributed by atoms with van der Waals surface area (Å²) in [5, 5.41) is 8.77. The van der Waals surface area contributed by atoms with Crippen molar-refractivity contribution in [1.82, 2.24) is 0 Å². The van der Waals surface area contributed by atoms with E-state index in [0.29, 0.717) is 30.2 Å². The Labute approximate surface area is 98.6 Å². The minimum absolute atomic E-state index is 0.254. The van der Waals surface area contributed by atoms with Crippen LogP contribution < -0.4 is 10.5 Å². The first-order valence-corrected chi connectivity index (χ1v) is 5.12. The second kappa shape index (κ2) is 5.99. The monoisotopic (exact) mass is 238 g/mol. The molecule has 0 unspecified atom stereocenters. The van der Waals surface area contributed by atoms with Gasteiger partial charge in [-0.15, -0.1) is 0 Å². The first-order valence-electron chi connectivity index (χ1n) is 4.74. The lowest BCUT2D eigenvalue weighted by Gasteiger charge is -2.08. The van der Waals surface area contributed by atoms with Gasteiger partial charge >= 0.3 is 0 Å². The van der Waals surface area contributed by atoms with Crippen LogP contribution in [0.4, 0.5) is 0 Å². The van der Waals surface area contributed by atoms with Gasteiger partial charge in [0.2, 0.25) is 0 Å². The summed E-state index contributed by atoms with van der Waals surface area (Å²) >= 11 is 5.74. The van der Waals surface area contributed by atoms with Gasteiger partial charge in [-0.05, 0) is 24.6 Å². The van der Waals surface area contributed by atoms with Crippen molar-refractivity contribution < 1.29 is 9.53 Å². The van der Waals surface area contributed by atoms with Gasteiger partial charge in [-0.3, -0.25) is 4.79 Å². The van der Waals surface area contributed by atoms with Gasteiger partial charge in [0.25, 0.3) is 5.91 Å². The topological polar surface area (TPSA) is 76.1 Å². The van der Waals surface area contributed by atoms with Gasteiger partial charge in [0, 0.05) is 11.4 Å². The van der Waals surface area contributed by atoms with Gasteiger partial charge < -0.3 is 10.5 Å². The summed E-state index contributed by atoms with van der Waals surface area (Å²) in [6, 6.07) is 6.68. The van der Waals surface area contributed by atoms with E-state index in [9.17, 15) is 4.79 Å². The summed E-state index contributed by atoms with van der Waals surface area (Å²) in [6.07, 6.45) is 1.02. The highest BCUT2D eigenvalue weighted by atomic mass is 35.5. The number of ether oxygens (including phenoxy) is 1. The highest BCUT2D eigenvalue weighted by Gasteiger charge is 2.09. The number of carbonyl (C=O) groups is 1. The molecule has 0 heterocycles. The number of nitrogens with zero attached hydrogens (tertiary/aromatic N) is 1. The zero-order valence-electron chi connectivity index (χ0n) is 8.57. The van der Waals surface area contributed by atoms with Crippen molar-refractivity contribution in [3.8, 4) is 11.8 Å². The van der Waals surface area contributed by atoms with Crippen molar-refractivity contribution in [1.29, 1.82) is 5.26 Å². The number of unbranched alkanes of at least 4 members (excludes halogenated alkanes) is 1. The fourth-order valence-electron chi connectivity index (χ4n) is 1.15. The minimum atomic E-state index is -0.585. The van der Waals surface area contributed by atoms with E-state index in [1.165, 1.54) is 6.07 Å². The summed E-state index contributed by atoms with van der Waals surface area (Å²) in [7, 11) is 0. The molecule has 0 aliphatic rings. The molecule has 0 fully saturated rings. The van der Waals surface area contributed by atoms with Crippen molar-refractivity contribution in [3.63, 3.8) is 0 Å². The second-order valence-corrected chi connectivity index (χ2v) is 3.55. The molecule has 1 aromatic rings. The number of carbonyl (C=O) groups excluding carboxylic acids is 1. The average molecular weight is 239 g/mol. The highest BCUT2D eigenvalue weighted by Crippen LogP contribution is 2.22. The first kappa shape index (κ1) is 12.3. The molecule has 1 amide bonds. The molecule has 4 nitrogen and oxygen atoms in total. The molecule has 1 rings (SSSR count). The van der Waals surface area contributed by atoms with Crippen LogP contribution in [0.2, 0.25) is 5.02 Å². The van der Waals surface area contributed by atoms with Gasteiger partial charge in [0.05, 0.1) is 18.2 Å². The molecular formula is C11H11ClN2O2. The van der Waals surface area contributed by atoms with Gasteiger partial charge in [0.1, 0.15) is 5.75 Å². The van der Waals surface area contributed by atoms with E-state index >= 15 is 0 Å². The van der Waals surface area contributed by atoms with E-state index < -0.39 is 5.91 Å². The fraction of sp³-hybridized carbons (Fsp3) is 0.273. The molecular weight excluding hydrogens is 228 g/mol. The minimum Gasteiger partial charge on any atom is -0.493 e. The number of nitriles is 1. The Kier molecular flexibility index (Phi) is 4.62. The van der Waals surface area contributed by atoms with Crippen LogP contribution in [-0.4, -0.2) is 12.5 Å². The molecule has 0 radical (unpaired) electrons. The van der Waals surface area contributed by atoms with Crippen molar-refractivity contribution in [3.05, 3.63) is 28.8 Å². The number of hydrogen-bond acceptors (Lipinski definition) is 3. The third kappa shape index (κ3) is 3.44. The maximum atomic E-state index is 11.1. The van der Waals surface area contributed by atoms with E-state index in [4.69, 9.17) is 27.3 Å². The van der Waals surface area contributed by atoms with E-state index in [1.54, 1.807) is 12.1 Å². The average Bonchev–Trinajstić information content (AvgIpc) is 2.26. The predicted molar refractivity (Wildman–Crippen MR) is 60.3 cm³/mol. The lowest BCUT2D eigenvalue weighted by Crippen LogP contribution is -2.13. The van der Waals surface area contributed by atoms with Crippen LogP contribution in [0, 0.1) is 11.3 Å². The Morgan fingerprint density at radius 1 is 1.56 bits per heavy atom. The molecule has 0 spiro atoms. The van der Waals surface area contributed by atoms with Crippen LogP contribution in [-0.2, 0) is 0 Å². The summed E-state index contributed by atoms with van der Waals surface area (Å²) in [5.41, 5.74) is 5.44. The molecule has 0 saturated carbocycles. The molecule has 0 aliphatic heterocycles. The zero-order valence-corrected chi connectivity index (χ0v) is 9.33. The summed E-state index contributed by atoms with van der Waals surface area (Å²) in [5.74, 6) is -0.187. The number of rotatable bonds is 5. The molecule has 0 aromatic heterocycles. The second-order valence-electron chi connectivity index (χ2n) is 3.11. The van der Waals surface area contributed by atoms with Gasteiger partial charge in [-0.25, -0.2) is 0 Å². The van der Waals surface area contributed by atoms with Crippen LogP contribution in [0.15, 0.2) is 18.2 Å². The Bertz CT molecular complexity index is 426. The van der Waals surface area contributed by atoms with Crippen molar-refractivity contribution >= 4 is 17.5 Å². The van der Waals surface area contributed by atoms with E-state index in [-0.39, 0.29) is 5.56 Å². The number of amides is 1. The van der Waals surface area contributed by atoms with Crippen molar-refractivity contribution in [2.24, 2.45) is 5.73 Å². The summed E-state index contributed by atoms with van der Waals surface area (Å²) in [4.78, 5) is 11.1. The summed E-state index contributed by atoms with van der Waals surface area (Å²) < 4.78 is 5.34. The van der Waals surface area contributed by atoms with Crippen LogP contribution >= 0.6 is 11.6 Å². The molecule has 84 valence electrons. The zero-order chi connectivity index (χ0) is 12.0. The van der Waals surface area contributed by atoms with E-state index in [1.807, 2.05) is 6.07 Å². The van der Waals surface area contributed by atoms with Gasteiger partial charge in [-0.2, -0.15) is 5.26 Å². The summed E-state index contributed by atoms with van der Waals surface area (Å²) in [6.45, 7) is 0.371. The van der Waals surface area contributed by atoms with Crippen LogP contribution in [0.5, 0.6) is 5.75 Å². The number of benzene rings is 1. The predicted octanol–water partition coefficient (Wildman–Crippen LogP) is 2.12. The first-order chi connectivity index (χ1) is 7.65. The lowest BCUT2D eigenvalue weighted by atomic mass is 10.2. The largest absolute Gasteiger partial charge is 0.493 e. The third-order valence-electron chi connectivity index (χ3n) is 1.90. The van der Waals surface area contributed by atoms with Gasteiger partial charge in [-0.1, -0.05) is 11.6 Å². The molecule has 2 N–H and O–H groups in total. The maximum absolute atomic E-state index is 11.1. The third-order valence-corrected chi connectivity index (χ3v) is 2.13. The Morgan fingerprint density at radius 3 is 2.94 bits per heavy atom. The highest BCUT2D eigenvalue weighted by molar-refractivity contribution is 6.31. The Morgan fingerprint density at radius 2 is 2.31 bits per heavy atom. The van der Waals surface area contributed by atoms with E-state index in [2.05, 4.69) is 0 Å². The molecule has 0 aliphatic carbocycles. The maximum Gasteiger partial charge on any atom is 0.252 e. The standard InChI is InChI=1S/C11H11ClN2O2/c12-8-3-4-10(9(7-8)11(14)15)16-6-2-1-5-13/h3-4,7H,1-2,6H2,(H2,14,15). The fourth-order valence-corrected chi connectivity index (χ4v) is 1.33. The normalized spacial score (nSPS) is 9.50. The molecule has 0 saturated heterocycles. The smallest absolute Gasteiger partial charge is 0.252 e. The van der Waals surface area contributed by atoms with Crippen LogP contribution in [0.25, 0.3) is 0 Å². The molecule has 16 heavy (non-hydrogen) atoms. The van der Waals surface area contributed by atoms with Crippen molar-refractivity contribution in [2.75, 3.05) is 6.61 Å². The molecule has 0 bridgehead atoms. The molecule has 1 aromatic carbocycles. The van der Waals surface area contributed by atoms with Gasteiger partial charge in [0.15, 0.2) is 0 Å². The van der Waals surface area contributed by atoms with E-state index in [0.717, 1.165) is 0 Å². The molecule has 5 heteroatoms. The Balaban J connectivity index is 2.72. The number of hydrogen-bond donors (Lipinski definition) is 1. The van der Waals surface area contributed by atoms with Crippen LogP contribution in [0.1, 0.15) is 23.2 Å². The Hall–Kier alpha value is -1.73. The SMILES string of the molecule is N#CCCCOc1ccc(Cl)cc1C(N)=O. The number of nitrogens with two attached hydrogens (primary N) is 1. The quantitative estimate of drug-likeness (QED) is 0.799. The molecule has 0 atom stereocenters. The number of primary amides is 1. The lowest BCUT2D eigenvalue weighted by molar-refractivity contribution is 0.0996. The van der Waals surface area contributed by atoms with Crippen molar-refractivity contribution in [2.45, 2.75) is 12.8 Å². The van der Waals surface area contributed by atoms with Crippen LogP contribution in [0.3, 0.4) is 0 Å². The number of halogens is 1.